The predicted octanol–water partition coefficient (Wildman–Crippen LogP) is 0.977. The number of alkyl carbamates (subject to hydrolysis) is 1. The van der Waals surface area contributed by atoms with Crippen molar-refractivity contribution in [2.75, 3.05) is 0 Å². The summed E-state index contributed by atoms with van der Waals surface area (Å²) < 4.78 is 5.19. The molecule has 0 aliphatic heterocycles. The molecular formula is C12H25N3O2. The van der Waals surface area contributed by atoms with Crippen molar-refractivity contribution in [1.29, 1.82) is 0 Å². The molecule has 5 nitrogen and oxygen atoms in total. The topological polar surface area (TPSA) is 76.4 Å². The minimum Gasteiger partial charge on any atom is -0.444 e. The molecule has 1 rings (SSSR count). The van der Waals surface area contributed by atoms with E-state index in [9.17, 15) is 4.79 Å². The van der Waals surface area contributed by atoms with E-state index in [-0.39, 0.29) is 24.2 Å². The maximum Gasteiger partial charge on any atom is 0.407 e. The van der Waals surface area contributed by atoms with E-state index in [1.807, 2.05) is 34.6 Å². The first-order chi connectivity index (χ1) is 7.69. The zero-order valence-electron chi connectivity index (χ0n) is 11.4. The fraction of sp³-hybridized carbons (Fsp3) is 0.917. The Labute approximate surface area is 103 Å². The third-order valence-electron chi connectivity index (χ3n) is 2.76. The van der Waals surface area contributed by atoms with Gasteiger partial charge in [-0.25, -0.2) is 4.79 Å². The van der Waals surface area contributed by atoms with Gasteiger partial charge in [-0.05, 0) is 41.0 Å². The number of nitrogens with two attached hydrogens (primary N) is 1. The monoisotopic (exact) mass is 243 g/mol. The lowest BCUT2D eigenvalue weighted by molar-refractivity contribution is 0.0522. The Morgan fingerprint density at radius 2 is 1.94 bits per heavy atom. The Hall–Kier alpha value is -0.810. The van der Waals surface area contributed by atoms with E-state index < -0.39 is 5.60 Å². The normalized spacial score (nSPS) is 27.2. The molecule has 1 aliphatic carbocycles. The minimum atomic E-state index is -0.443. The zero-order chi connectivity index (χ0) is 13.2. The number of carbonyl (C=O) groups is 1. The van der Waals surface area contributed by atoms with E-state index in [1.165, 1.54) is 0 Å². The molecule has 4 N–H and O–H groups in total. The summed E-state index contributed by atoms with van der Waals surface area (Å²) in [5, 5.41) is 6.22. The summed E-state index contributed by atoms with van der Waals surface area (Å²) in [6.45, 7) is 9.58. The minimum absolute atomic E-state index is 0.109. The quantitative estimate of drug-likeness (QED) is 0.688. The van der Waals surface area contributed by atoms with Crippen molar-refractivity contribution in [2.24, 2.45) is 5.73 Å². The molecule has 1 saturated carbocycles. The first-order valence-corrected chi connectivity index (χ1v) is 6.20. The van der Waals surface area contributed by atoms with Gasteiger partial charge in [0.25, 0.3) is 0 Å². The number of ether oxygens (including phenoxy) is 1. The maximum absolute atomic E-state index is 11.5. The second-order valence-electron chi connectivity index (χ2n) is 5.91. The van der Waals surface area contributed by atoms with Gasteiger partial charge in [-0.2, -0.15) is 0 Å². The summed E-state index contributed by atoms with van der Waals surface area (Å²) >= 11 is 0. The highest BCUT2D eigenvalue weighted by Crippen LogP contribution is 2.22. The molecule has 0 saturated heterocycles. The van der Waals surface area contributed by atoms with Crippen LogP contribution in [0, 0.1) is 0 Å². The molecule has 0 aromatic carbocycles. The van der Waals surface area contributed by atoms with E-state index in [1.54, 1.807) is 0 Å². The summed E-state index contributed by atoms with van der Waals surface area (Å²) in [7, 11) is 0. The predicted molar refractivity (Wildman–Crippen MR) is 67.8 cm³/mol. The number of rotatable bonds is 4. The van der Waals surface area contributed by atoms with E-state index in [2.05, 4.69) is 10.6 Å². The average Bonchev–Trinajstić information content (AvgIpc) is 2.79. The van der Waals surface area contributed by atoms with E-state index in [4.69, 9.17) is 10.5 Å². The number of nitrogens with one attached hydrogen (secondary N) is 2. The second-order valence-corrected chi connectivity index (χ2v) is 5.91. The van der Waals surface area contributed by atoms with Gasteiger partial charge in [0, 0.05) is 24.2 Å². The van der Waals surface area contributed by atoms with Gasteiger partial charge in [0.2, 0.25) is 0 Å². The third-order valence-corrected chi connectivity index (χ3v) is 2.76. The van der Waals surface area contributed by atoms with Crippen LogP contribution in [0.1, 0.15) is 41.0 Å². The van der Waals surface area contributed by atoms with E-state index in [0.717, 1.165) is 6.42 Å². The van der Waals surface area contributed by atoms with Gasteiger partial charge in [0.15, 0.2) is 0 Å². The Morgan fingerprint density at radius 3 is 2.41 bits per heavy atom. The van der Waals surface area contributed by atoms with Crippen molar-refractivity contribution in [1.82, 2.24) is 10.6 Å². The van der Waals surface area contributed by atoms with Gasteiger partial charge in [0.1, 0.15) is 5.60 Å². The Bertz CT molecular complexity index is 273. The zero-order valence-corrected chi connectivity index (χ0v) is 11.4. The fourth-order valence-corrected chi connectivity index (χ4v) is 1.49. The SMILES string of the molecule is CC(N)C(C)NC1CC1NC(=O)OC(C)(C)C. The van der Waals surface area contributed by atoms with Crippen molar-refractivity contribution in [3.8, 4) is 0 Å². The van der Waals surface area contributed by atoms with Gasteiger partial charge >= 0.3 is 6.09 Å². The maximum atomic E-state index is 11.5. The number of amides is 1. The molecule has 1 fully saturated rings. The molecule has 0 aromatic rings. The Balaban J connectivity index is 2.22. The van der Waals surface area contributed by atoms with Crippen molar-refractivity contribution in [3.63, 3.8) is 0 Å². The Morgan fingerprint density at radius 1 is 1.35 bits per heavy atom. The standard InChI is InChI=1S/C12H25N3O2/c1-7(13)8(2)14-9-6-10(9)15-11(16)17-12(3,4)5/h7-10,14H,6,13H2,1-5H3,(H,15,16). The van der Waals surface area contributed by atoms with Crippen LogP contribution < -0.4 is 16.4 Å². The number of hydrogen-bond donors (Lipinski definition) is 3. The lowest BCUT2D eigenvalue weighted by Crippen LogP contribution is -2.44. The highest BCUT2D eigenvalue weighted by Gasteiger charge is 2.40. The van der Waals surface area contributed by atoms with Crippen LogP contribution in [-0.4, -0.2) is 35.9 Å². The molecule has 1 amide bonds. The van der Waals surface area contributed by atoms with Crippen LogP contribution in [0.3, 0.4) is 0 Å². The molecule has 1 aliphatic rings. The van der Waals surface area contributed by atoms with Crippen molar-refractivity contribution in [3.05, 3.63) is 0 Å². The Kier molecular flexibility index (Phi) is 4.38. The molecule has 0 heterocycles. The molecule has 0 aromatic heterocycles. The molecule has 4 unspecified atom stereocenters. The van der Waals surface area contributed by atoms with Crippen LogP contribution in [0.2, 0.25) is 0 Å². The lowest BCUT2D eigenvalue weighted by atomic mass is 10.2. The molecule has 5 heteroatoms. The van der Waals surface area contributed by atoms with E-state index in [0.29, 0.717) is 6.04 Å². The summed E-state index contributed by atoms with van der Waals surface area (Å²) in [6, 6.07) is 0.859. The van der Waals surface area contributed by atoms with Crippen LogP contribution in [-0.2, 0) is 4.74 Å². The summed E-state index contributed by atoms with van der Waals surface area (Å²) in [5.74, 6) is 0. The number of hydrogen-bond acceptors (Lipinski definition) is 4. The van der Waals surface area contributed by atoms with Gasteiger partial charge in [-0.1, -0.05) is 0 Å². The first kappa shape index (κ1) is 14.3. The summed E-state index contributed by atoms with van der Waals surface area (Å²) in [4.78, 5) is 11.5. The lowest BCUT2D eigenvalue weighted by Gasteiger charge is -2.20. The smallest absolute Gasteiger partial charge is 0.407 e. The van der Waals surface area contributed by atoms with Crippen LogP contribution in [0.4, 0.5) is 4.79 Å². The fourth-order valence-electron chi connectivity index (χ4n) is 1.49. The summed E-state index contributed by atoms with van der Waals surface area (Å²) in [5.41, 5.74) is 5.32. The van der Waals surface area contributed by atoms with Gasteiger partial charge < -0.3 is 21.1 Å². The molecule has 0 spiro atoms. The van der Waals surface area contributed by atoms with Gasteiger partial charge in [0.05, 0.1) is 0 Å². The molecule has 4 atom stereocenters. The molecule has 100 valence electrons. The second kappa shape index (κ2) is 5.23. The van der Waals surface area contributed by atoms with Crippen LogP contribution in [0.5, 0.6) is 0 Å². The van der Waals surface area contributed by atoms with Crippen LogP contribution in [0.25, 0.3) is 0 Å². The van der Waals surface area contributed by atoms with Crippen molar-refractivity contribution < 1.29 is 9.53 Å². The first-order valence-electron chi connectivity index (χ1n) is 6.20. The van der Waals surface area contributed by atoms with Crippen LogP contribution >= 0.6 is 0 Å². The van der Waals surface area contributed by atoms with Gasteiger partial charge in [-0.15, -0.1) is 0 Å². The molecule has 0 bridgehead atoms. The largest absolute Gasteiger partial charge is 0.444 e. The molecular weight excluding hydrogens is 218 g/mol. The van der Waals surface area contributed by atoms with Crippen LogP contribution in [0.15, 0.2) is 0 Å². The van der Waals surface area contributed by atoms with Crippen molar-refractivity contribution in [2.45, 2.75) is 70.8 Å². The molecule has 17 heavy (non-hydrogen) atoms. The summed E-state index contributed by atoms with van der Waals surface area (Å²) in [6.07, 6.45) is 0.594. The third kappa shape index (κ3) is 5.37. The highest BCUT2D eigenvalue weighted by molar-refractivity contribution is 5.68. The van der Waals surface area contributed by atoms with Crippen molar-refractivity contribution >= 4 is 6.09 Å². The average molecular weight is 243 g/mol. The van der Waals surface area contributed by atoms with E-state index >= 15 is 0 Å². The number of carbonyl (C=O) groups excluding carboxylic acids is 1. The highest BCUT2D eigenvalue weighted by atomic mass is 16.6. The van der Waals surface area contributed by atoms with Gasteiger partial charge in [-0.3, -0.25) is 0 Å². The molecule has 0 radical (unpaired) electrons.